The average Bonchev–Trinajstić information content (AvgIpc) is 2.91. The molecule has 0 aliphatic heterocycles. The van der Waals surface area contributed by atoms with Crippen LogP contribution in [0.5, 0.6) is 0 Å². The first kappa shape index (κ1) is 52.0. The van der Waals surface area contributed by atoms with Crippen molar-refractivity contribution in [3.63, 3.8) is 0 Å². The molecule has 0 radical (unpaired) electrons. The van der Waals surface area contributed by atoms with Gasteiger partial charge in [0.1, 0.15) is 23.1 Å². The molecule has 0 aromatic rings. The third-order valence-corrected chi connectivity index (χ3v) is 6.31. The summed E-state index contributed by atoms with van der Waals surface area (Å²) >= 11 is 0. The van der Waals surface area contributed by atoms with Crippen LogP contribution in [0.4, 0.5) is 0 Å². The molecule has 4 atom stereocenters. The molecule has 13 heteroatoms. The third kappa shape index (κ3) is 26.4. The van der Waals surface area contributed by atoms with Gasteiger partial charge in [0.15, 0.2) is 0 Å². The minimum absolute atomic E-state index is 0. The molecule has 256 valence electrons. The zero-order valence-corrected chi connectivity index (χ0v) is 30.7. The van der Waals surface area contributed by atoms with Crippen LogP contribution in [-0.4, -0.2) is 47.0 Å². The van der Waals surface area contributed by atoms with Gasteiger partial charge in [-0.25, -0.2) is 0 Å². The fourth-order valence-corrected chi connectivity index (χ4v) is 3.79. The Hall–Kier alpha value is -2.56. The number of carboxylic acid groups (broad SMARTS) is 4. The normalized spacial score (nSPS) is 12.3. The van der Waals surface area contributed by atoms with Gasteiger partial charge < -0.3 is 39.6 Å². The first-order valence-corrected chi connectivity index (χ1v) is 15.5. The molecule has 4 unspecified atom stereocenters. The van der Waals surface area contributed by atoms with E-state index >= 15 is 0 Å². The summed E-state index contributed by atoms with van der Waals surface area (Å²) in [5, 5.41) is 41.3. The fraction of sp³-hybridized carbons (Fsp3) is 0.750. The van der Waals surface area contributed by atoms with Crippen molar-refractivity contribution in [1.29, 1.82) is 0 Å². The summed E-state index contributed by atoms with van der Waals surface area (Å²) in [4.78, 5) is 85.2. The summed E-state index contributed by atoms with van der Waals surface area (Å²) in [5.41, 5.74) is 0. The quantitative estimate of drug-likeness (QED) is 0.157. The number of hydrogen-bond acceptors (Lipinski definition) is 12. The molecule has 0 aromatic heterocycles. The Kier molecular flexibility index (Phi) is 37.9. The topological polar surface area (TPSA) is 229 Å². The number of rotatable bonds is 20. The molecule has 0 bridgehead atoms. The van der Waals surface area contributed by atoms with Crippen molar-refractivity contribution in [1.82, 2.24) is 0 Å². The number of aliphatic carboxylic acids is 4. The monoisotopic (exact) mass is 718 g/mol. The summed E-state index contributed by atoms with van der Waals surface area (Å²) in [6, 6.07) is 0. The minimum atomic E-state index is -1.24. The summed E-state index contributed by atoms with van der Waals surface area (Å²) in [5.74, 6) is -9.40. The van der Waals surface area contributed by atoms with Gasteiger partial charge in [-0.2, -0.15) is 0 Å². The van der Waals surface area contributed by atoms with E-state index in [4.69, 9.17) is 0 Å². The van der Waals surface area contributed by atoms with Crippen molar-refractivity contribution in [2.24, 2.45) is 23.7 Å². The summed E-state index contributed by atoms with van der Waals surface area (Å²) in [7, 11) is 0. The fourth-order valence-electron chi connectivity index (χ4n) is 3.79. The molecule has 0 aromatic carbocycles. The molecule has 0 aliphatic rings. The van der Waals surface area contributed by atoms with Crippen LogP contribution in [0.2, 0.25) is 0 Å². The largest absolute Gasteiger partial charge is 4.00 e. The van der Waals surface area contributed by atoms with Crippen molar-refractivity contribution in [3.05, 3.63) is 0 Å². The molecule has 0 N–H and O–H groups in total. The van der Waals surface area contributed by atoms with Crippen molar-refractivity contribution >= 4 is 47.0 Å². The van der Waals surface area contributed by atoms with E-state index in [-0.39, 0.29) is 49.3 Å². The van der Waals surface area contributed by atoms with Gasteiger partial charge in [-0.15, -0.1) is 0 Å². The number of ketones is 4. The van der Waals surface area contributed by atoms with Crippen LogP contribution in [0, 0.1) is 23.7 Å². The predicted octanol–water partition coefficient (Wildman–Crippen LogP) is 0.524. The van der Waals surface area contributed by atoms with Gasteiger partial charge >= 0.3 is 26.2 Å². The maximum absolute atomic E-state index is 11.0. The minimum Gasteiger partial charge on any atom is -0.549 e. The molecule has 0 heterocycles. The van der Waals surface area contributed by atoms with Gasteiger partial charge in [-0.1, -0.05) is 55.4 Å². The number of hydrogen-bond donors (Lipinski definition) is 0. The average molecular weight is 720 g/mol. The van der Waals surface area contributed by atoms with Gasteiger partial charge in [-0.05, 0) is 51.4 Å². The summed E-state index contributed by atoms with van der Waals surface area (Å²) in [6.07, 6.45) is 5.49. The van der Waals surface area contributed by atoms with E-state index in [0.29, 0.717) is 77.0 Å². The Morgan fingerprint density at radius 1 is 0.356 bits per heavy atom. The molecule has 0 saturated carbocycles. The van der Waals surface area contributed by atoms with Crippen LogP contribution in [0.15, 0.2) is 0 Å². The van der Waals surface area contributed by atoms with Crippen molar-refractivity contribution in [3.8, 4) is 0 Å². The second-order valence-corrected chi connectivity index (χ2v) is 9.98. The molecular formula is C32H52O12Zr. The van der Waals surface area contributed by atoms with Gasteiger partial charge in [0, 0.05) is 25.7 Å². The molecule has 0 spiro atoms. The Morgan fingerprint density at radius 3 is 0.556 bits per heavy atom. The SMILES string of the molecule is CCCC(=O)C(CC)C(=O)[O-].CCCC(=O)C(CC)C(=O)[O-].CCCC(=O)C(CC)C(=O)[O-].CCCC(=O)C(CC)C(=O)[O-].[Zr+4]. The van der Waals surface area contributed by atoms with Gasteiger partial charge in [0.2, 0.25) is 0 Å². The first-order chi connectivity index (χ1) is 20.5. The Bertz CT molecular complexity index is 757. The molecule has 12 nitrogen and oxygen atoms in total. The van der Waals surface area contributed by atoms with E-state index in [1.807, 2.05) is 27.7 Å². The second kappa shape index (κ2) is 32.8. The van der Waals surface area contributed by atoms with Crippen LogP contribution >= 0.6 is 0 Å². The van der Waals surface area contributed by atoms with Crippen LogP contribution in [-0.2, 0) is 64.6 Å². The number of Topliss-reactive ketones (excluding diaryl/α,β-unsaturated/α-hetero) is 4. The number of carboxylic acids is 4. The van der Waals surface area contributed by atoms with Crippen molar-refractivity contribution in [2.45, 2.75) is 132 Å². The van der Waals surface area contributed by atoms with Gasteiger partial charge in [0.05, 0.1) is 47.5 Å². The van der Waals surface area contributed by atoms with Crippen molar-refractivity contribution < 1.29 is 85.0 Å². The Balaban J connectivity index is -0.000000157. The van der Waals surface area contributed by atoms with E-state index in [1.165, 1.54) is 0 Å². The smallest absolute Gasteiger partial charge is 0.549 e. The summed E-state index contributed by atoms with van der Waals surface area (Å²) in [6.45, 7) is 14.1. The van der Waals surface area contributed by atoms with Gasteiger partial charge in [-0.3, -0.25) is 19.2 Å². The summed E-state index contributed by atoms with van der Waals surface area (Å²) < 4.78 is 0. The van der Waals surface area contributed by atoms with E-state index in [1.54, 1.807) is 27.7 Å². The zero-order chi connectivity index (χ0) is 35.4. The number of carbonyl (C=O) groups is 8. The Labute approximate surface area is 287 Å². The van der Waals surface area contributed by atoms with E-state index in [0.717, 1.165) is 0 Å². The van der Waals surface area contributed by atoms with Gasteiger partial charge in [0.25, 0.3) is 0 Å². The predicted molar refractivity (Wildman–Crippen MR) is 155 cm³/mol. The second-order valence-electron chi connectivity index (χ2n) is 9.98. The van der Waals surface area contributed by atoms with Crippen LogP contribution < -0.4 is 20.4 Å². The van der Waals surface area contributed by atoms with Crippen molar-refractivity contribution in [2.75, 3.05) is 0 Å². The molecule has 0 rings (SSSR count). The molecule has 45 heavy (non-hydrogen) atoms. The van der Waals surface area contributed by atoms with Crippen LogP contribution in [0.25, 0.3) is 0 Å². The standard InChI is InChI=1S/4C8H14O3.Zr/c4*1-3-5-7(9)6(4-2)8(10)11;/h4*6H,3-5H2,1-2H3,(H,10,11);/q;;;;+4/p-4. The Morgan fingerprint density at radius 2 is 0.489 bits per heavy atom. The number of carbonyl (C=O) groups excluding carboxylic acids is 8. The van der Waals surface area contributed by atoms with Crippen LogP contribution in [0.3, 0.4) is 0 Å². The molecule has 0 saturated heterocycles. The zero-order valence-electron chi connectivity index (χ0n) is 28.2. The third-order valence-electron chi connectivity index (χ3n) is 6.31. The molecular weight excluding hydrogens is 668 g/mol. The maximum Gasteiger partial charge on any atom is 4.00 e. The van der Waals surface area contributed by atoms with Crippen LogP contribution in [0.1, 0.15) is 132 Å². The van der Waals surface area contributed by atoms with E-state index < -0.39 is 47.5 Å². The first-order valence-electron chi connectivity index (χ1n) is 15.5. The molecule has 0 fully saturated rings. The maximum atomic E-state index is 11.0. The molecule has 0 aliphatic carbocycles. The van der Waals surface area contributed by atoms with E-state index in [9.17, 15) is 58.8 Å². The molecule has 0 amide bonds. The van der Waals surface area contributed by atoms with E-state index in [2.05, 4.69) is 0 Å².